The first-order valence-corrected chi connectivity index (χ1v) is 20.9. The third-order valence-electron chi connectivity index (χ3n) is 14.6. The van der Waals surface area contributed by atoms with Gasteiger partial charge in [-0.3, -0.25) is 9.69 Å². The number of phenols is 2. The second kappa shape index (κ2) is 15.5. The van der Waals surface area contributed by atoms with Gasteiger partial charge in [0.2, 0.25) is 0 Å². The summed E-state index contributed by atoms with van der Waals surface area (Å²) >= 11 is 0. The van der Waals surface area contributed by atoms with Crippen LogP contribution in [0.25, 0.3) is 11.1 Å². The molecule has 0 unspecified atom stereocenters. The third-order valence-corrected chi connectivity index (χ3v) is 14.6. The standard InChI is InChI=1S/C29H31NO4.C19H28O2/c1-20-26-14-11-24(32)19-27(26)34-29(28(20)21-5-9-23(31)10-6-21)22-7-12-25(13-8-22)33-18-17-30-15-3-2-4-16-30;1-18-9-7-13(20)11-12(18)3-4-14-15-5-6-17(21)19(15,2)10-8-16(14)18/h5-14,19,29,31-32H,2-4,15-18H2,1H3;3,13-16,20H,4-11H2,1-2H3/t29-;13-,14-,15-,16-,18-,19-/m00/s1. The first kappa shape index (κ1) is 37.8. The van der Waals surface area contributed by atoms with Crippen LogP contribution in [0.4, 0.5) is 0 Å². The first-order valence-electron chi connectivity index (χ1n) is 20.9. The summed E-state index contributed by atoms with van der Waals surface area (Å²) in [5, 5.41) is 29.8. The molecular weight excluding hydrogens is 687 g/mol. The highest BCUT2D eigenvalue weighted by molar-refractivity contribution is 5.95. The van der Waals surface area contributed by atoms with Crippen molar-refractivity contribution in [2.45, 2.75) is 104 Å². The molecule has 7 heteroatoms. The first-order chi connectivity index (χ1) is 26.5. The Morgan fingerprint density at radius 3 is 2.33 bits per heavy atom. The maximum absolute atomic E-state index is 12.4. The van der Waals surface area contributed by atoms with E-state index in [4.69, 9.17) is 9.47 Å². The Hall–Kier alpha value is -4.07. The molecule has 0 spiro atoms. The maximum Gasteiger partial charge on any atom is 0.150 e. The van der Waals surface area contributed by atoms with Gasteiger partial charge in [0.1, 0.15) is 41.5 Å². The number of carbonyl (C=O) groups is 1. The number of fused-ring (bicyclic) bond motifs is 6. The number of likely N-dealkylation sites (tertiary alicyclic amines) is 1. The molecule has 4 fully saturated rings. The van der Waals surface area contributed by atoms with Crippen molar-refractivity contribution in [3.8, 4) is 23.0 Å². The van der Waals surface area contributed by atoms with Crippen molar-refractivity contribution >= 4 is 16.9 Å². The van der Waals surface area contributed by atoms with Crippen LogP contribution in [-0.2, 0) is 4.79 Å². The number of ether oxygens (including phenoxy) is 2. The molecule has 2 heterocycles. The summed E-state index contributed by atoms with van der Waals surface area (Å²) in [6, 6.07) is 20.5. The zero-order valence-electron chi connectivity index (χ0n) is 32.9. The summed E-state index contributed by atoms with van der Waals surface area (Å²) in [6.45, 7) is 10.8. The third kappa shape index (κ3) is 7.35. The number of piperidine rings is 1. The number of hydrogen-bond donors (Lipinski definition) is 3. The van der Waals surface area contributed by atoms with Gasteiger partial charge < -0.3 is 24.8 Å². The Morgan fingerprint density at radius 1 is 0.855 bits per heavy atom. The van der Waals surface area contributed by atoms with Gasteiger partial charge in [-0.15, -0.1) is 0 Å². The van der Waals surface area contributed by atoms with Gasteiger partial charge in [-0.25, -0.2) is 0 Å². The summed E-state index contributed by atoms with van der Waals surface area (Å²) in [7, 11) is 0. The molecule has 1 saturated heterocycles. The normalized spacial score (nSPS) is 31.5. The van der Waals surface area contributed by atoms with Crippen molar-refractivity contribution < 1.29 is 29.6 Å². The van der Waals surface area contributed by atoms with Crippen LogP contribution >= 0.6 is 0 Å². The van der Waals surface area contributed by atoms with E-state index < -0.39 is 0 Å². The highest BCUT2D eigenvalue weighted by atomic mass is 16.5. The summed E-state index contributed by atoms with van der Waals surface area (Å²) < 4.78 is 12.5. The molecule has 3 aromatic carbocycles. The minimum atomic E-state index is -0.346. The summed E-state index contributed by atoms with van der Waals surface area (Å²) in [6.07, 6.45) is 14.3. The van der Waals surface area contributed by atoms with Gasteiger partial charge in [0, 0.05) is 35.6 Å². The molecule has 55 heavy (non-hydrogen) atoms. The highest BCUT2D eigenvalue weighted by Crippen LogP contribution is 2.64. The number of phenolic OH excluding ortho intramolecular Hbond substituents is 2. The number of hydrogen-bond acceptors (Lipinski definition) is 7. The van der Waals surface area contributed by atoms with Crippen LogP contribution in [0.1, 0.15) is 114 Å². The molecule has 7 nitrogen and oxygen atoms in total. The zero-order chi connectivity index (χ0) is 38.3. The number of Topliss-reactive ketones (excluding diaryl/α,β-unsaturated/α-hetero) is 1. The van der Waals surface area contributed by atoms with Crippen molar-refractivity contribution in [3.05, 3.63) is 95.1 Å². The largest absolute Gasteiger partial charge is 0.508 e. The van der Waals surface area contributed by atoms with E-state index in [-0.39, 0.29) is 29.1 Å². The SMILES string of the molecule is CC1=C(c2ccc(O)cc2)[C@H](c2ccc(OCCN3CCCCC3)cc2)Oc2cc(O)ccc21.C[C@]12CC[C@H](O)CC1=CC[C@@H]1[C@@H]2CC[C@]2(C)C(=O)CC[C@@H]12. The molecule has 6 aliphatic rings. The van der Waals surface area contributed by atoms with Gasteiger partial charge in [-0.2, -0.15) is 0 Å². The molecule has 4 aliphatic carbocycles. The minimum Gasteiger partial charge on any atom is -0.508 e. The number of aliphatic hydroxyl groups excluding tert-OH is 1. The number of aromatic hydroxyl groups is 2. The zero-order valence-corrected chi connectivity index (χ0v) is 32.9. The lowest BCUT2D eigenvalue weighted by atomic mass is 9.48. The number of allylic oxidation sites excluding steroid dienone is 2. The van der Waals surface area contributed by atoms with E-state index in [0.717, 1.165) is 91.0 Å². The average molecular weight is 746 g/mol. The predicted molar refractivity (Wildman–Crippen MR) is 217 cm³/mol. The Labute approximate surface area is 327 Å². The van der Waals surface area contributed by atoms with E-state index in [2.05, 4.69) is 31.7 Å². The highest BCUT2D eigenvalue weighted by Gasteiger charge is 2.58. The van der Waals surface area contributed by atoms with Crippen LogP contribution in [0, 0.1) is 28.6 Å². The Balaban J connectivity index is 0.000000173. The fraction of sp³-hybridized carbons (Fsp3) is 0.521. The van der Waals surface area contributed by atoms with E-state index in [1.54, 1.807) is 24.3 Å². The Morgan fingerprint density at radius 2 is 1.56 bits per heavy atom. The molecule has 3 aromatic rings. The minimum absolute atomic E-state index is 0.0168. The maximum atomic E-state index is 12.4. The van der Waals surface area contributed by atoms with Crippen molar-refractivity contribution in [1.29, 1.82) is 0 Å². The second-order valence-corrected chi connectivity index (χ2v) is 17.7. The lowest BCUT2D eigenvalue weighted by Gasteiger charge is -2.56. The van der Waals surface area contributed by atoms with Crippen molar-refractivity contribution in [2.75, 3.05) is 26.2 Å². The van der Waals surface area contributed by atoms with Crippen LogP contribution in [-0.4, -0.2) is 58.3 Å². The van der Waals surface area contributed by atoms with Crippen LogP contribution < -0.4 is 9.47 Å². The molecule has 7 atom stereocenters. The van der Waals surface area contributed by atoms with E-state index in [1.807, 2.05) is 42.5 Å². The molecule has 292 valence electrons. The number of carbonyl (C=O) groups excluding carboxylic acids is 1. The molecule has 0 bridgehead atoms. The van der Waals surface area contributed by atoms with Crippen molar-refractivity contribution in [1.82, 2.24) is 4.90 Å². The van der Waals surface area contributed by atoms with Crippen LogP contribution in [0.15, 0.2) is 78.4 Å². The lowest BCUT2D eigenvalue weighted by Crippen LogP contribution is -2.50. The van der Waals surface area contributed by atoms with E-state index in [9.17, 15) is 20.1 Å². The number of nitrogens with zero attached hydrogens (tertiary/aromatic N) is 1. The summed E-state index contributed by atoms with van der Waals surface area (Å²) in [5.74, 6) is 4.51. The molecule has 9 rings (SSSR count). The average Bonchev–Trinajstić information content (AvgIpc) is 3.50. The van der Waals surface area contributed by atoms with Crippen molar-refractivity contribution in [2.24, 2.45) is 28.6 Å². The number of benzene rings is 3. The molecule has 2 aliphatic heterocycles. The fourth-order valence-electron chi connectivity index (χ4n) is 11.3. The summed E-state index contributed by atoms with van der Waals surface area (Å²) in [5.41, 5.74) is 6.87. The second-order valence-electron chi connectivity index (χ2n) is 17.7. The van der Waals surface area contributed by atoms with Crippen molar-refractivity contribution in [3.63, 3.8) is 0 Å². The van der Waals surface area contributed by atoms with Gasteiger partial charge >= 0.3 is 0 Å². The number of rotatable bonds is 6. The van der Waals surface area contributed by atoms with Gasteiger partial charge in [0.05, 0.1) is 6.10 Å². The van der Waals surface area contributed by atoms with E-state index >= 15 is 0 Å². The predicted octanol–water partition coefficient (Wildman–Crippen LogP) is 9.91. The fourth-order valence-corrected chi connectivity index (χ4v) is 11.3. The van der Waals surface area contributed by atoms with Crippen LogP contribution in [0.5, 0.6) is 23.0 Å². The van der Waals surface area contributed by atoms with Crippen LogP contribution in [0.3, 0.4) is 0 Å². The summed E-state index contributed by atoms with van der Waals surface area (Å²) in [4.78, 5) is 14.8. The number of aliphatic hydroxyl groups is 1. The molecule has 0 amide bonds. The van der Waals surface area contributed by atoms with Gasteiger partial charge in [0.25, 0.3) is 0 Å². The molecule has 3 N–H and O–H groups in total. The smallest absolute Gasteiger partial charge is 0.150 e. The van der Waals surface area contributed by atoms with Gasteiger partial charge in [-0.05, 0) is 154 Å². The van der Waals surface area contributed by atoms with E-state index in [0.29, 0.717) is 35.4 Å². The topological polar surface area (TPSA) is 99.5 Å². The lowest BCUT2D eigenvalue weighted by molar-refractivity contribution is -0.132. The van der Waals surface area contributed by atoms with Gasteiger partial charge in [0.15, 0.2) is 0 Å². The number of ketones is 1. The monoisotopic (exact) mass is 745 g/mol. The van der Waals surface area contributed by atoms with Gasteiger partial charge in [-0.1, -0.05) is 56.2 Å². The molecule has 3 saturated carbocycles. The molecule has 0 radical (unpaired) electrons. The van der Waals surface area contributed by atoms with E-state index in [1.165, 1.54) is 44.3 Å². The molecule has 0 aromatic heterocycles. The Bertz CT molecular complexity index is 1930. The quantitative estimate of drug-likeness (QED) is 0.216. The molecular formula is C48H59NO6. The van der Waals surface area contributed by atoms with Crippen LogP contribution in [0.2, 0.25) is 0 Å². The Kier molecular flexibility index (Phi) is 10.6.